The van der Waals surface area contributed by atoms with Crippen LogP contribution in [0.4, 0.5) is 0 Å². The molecule has 0 aliphatic carbocycles. The fourth-order valence-corrected chi connectivity index (χ4v) is 2.30. The summed E-state index contributed by atoms with van der Waals surface area (Å²) in [6.07, 6.45) is 0. The second-order valence-electron chi connectivity index (χ2n) is 5.41. The number of ether oxygens (including phenoxy) is 1. The normalized spacial score (nSPS) is 10.8. The summed E-state index contributed by atoms with van der Waals surface area (Å²) in [5, 5.41) is 3.18. The topological polar surface area (TPSA) is 21.3 Å². The lowest BCUT2D eigenvalue weighted by molar-refractivity contribution is 0.472. The molecule has 0 radical (unpaired) electrons. The Balaban J connectivity index is 2.24. The van der Waals surface area contributed by atoms with Gasteiger partial charge in [0, 0.05) is 6.54 Å². The molecule has 0 atom stereocenters. The Kier molecular flexibility index (Phi) is 4.80. The number of benzene rings is 2. The molecule has 0 bridgehead atoms. The average molecular weight is 269 g/mol. The van der Waals surface area contributed by atoms with Crippen molar-refractivity contribution in [2.45, 2.75) is 33.2 Å². The standard InChI is InChI=1S/C18H23NO/c1-13(2)17-7-5-6-8-18(17)20-16-10-9-15(12-19-4)14(3)11-16/h5-11,13,19H,12H2,1-4H3. The van der Waals surface area contributed by atoms with Crippen molar-refractivity contribution < 1.29 is 4.74 Å². The first-order valence-corrected chi connectivity index (χ1v) is 7.12. The van der Waals surface area contributed by atoms with E-state index in [4.69, 9.17) is 4.74 Å². The molecular formula is C18H23NO. The summed E-state index contributed by atoms with van der Waals surface area (Å²) in [6.45, 7) is 7.37. The Labute approximate surface area is 121 Å². The summed E-state index contributed by atoms with van der Waals surface area (Å²) in [5.74, 6) is 2.30. The van der Waals surface area contributed by atoms with E-state index in [1.54, 1.807) is 0 Å². The van der Waals surface area contributed by atoms with E-state index >= 15 is 0 Å². The van der Waals surface area contributed by atoms with Crippen LogP contribution < -0.4 is 10.1 Å². The van der Waals surface area contributed by atoms with Gasteiger partial charge in [0.1, 0.15) is 11.5 Å². The van der Waals surface area contributed by atoms with Crippen molar-refractivity contribution in [2.75, 3.05) is 7.05 Å². The molecule has 2 heteroatoms. The van der Waals surface area contributed by atoms with Crippen LogP contribution in [0, 0.1) is 6.92 Å². The lowest BCUT2D eigenvalue weighted by Gasteiger charge is -2.14. The van der Waals surface area contributed by atoms with Crippen molar-refractivity contribution in [3.8, 4) is 11.5 Å². The fraction of sp³-hybridized carbons (Fsp3) is 0.333. The van der Waals surface area contributed by atoms with Gasteiger partial charge < -0.3 is 10.1 Å². The first-order valence-electron chi connectivity index (χ1n) is 7.12. The number of para-hydroxylation sites is 1. The Hall–Kier alpha value is -1.80. The third-order valence-corrected chi connectivity index (χ3v) is 3.45. The maximum absolute atomic E-state index is 6.06. The Morgan fingerprint density at radius 3 is 2.50 bits per heavy atom. The SMILES string of the molecule is CNCc1ccc(Oc2ccccc2C(C)C)cc1C. The van der Waals surface area contributed by atoms with Crippen molar-refractivity contribution in [1.82, 2.24) is 5.32 Å². The Bertz CT molecular complexity index is 575. The predicted molar refractivity (Wildman–Crippen MR) is 84.5 cm³/mol. The first-order chi connectivity index (χ1) is 9.61. The van der Waals surface area contributed by atoms with Gasteiger partial charge in [-0.2, -0.15) is 0 Å². The molecule has 0 saturated carbocycles. The highest BCUT2D eigenvalue weighted by Crippen LogP contribution is 2.31. The van der Waals surface area contributed by atoms with Crippen LogP contribution in [-0.4, -0.2) is 7.05 Å². The highest BCUT2D eigenvalue weighted by molar-refractivity contribution is 5.42. The molecule has 0 aliphatic heterocycles. The molecule has 0 spiro atoms. The van der Waals surface area contributed by atoms with Crippen LogP contribution in [-0.2, 0) is 6.54 Å². The van der Waals surface area contributed by atoms with Crippen LogP contribution in [0.3, 0.4) is 0 Å². The third-order valence-electron chi connectivity index (χ3n) is 3.45. The smallest absolute Gasteiger partial charge is 0.130 e. The van der Waals surface area contributed by atoms with Crippen molar-refractivity contribution in [3.05, 3.63) is 59.2 Å². The highest BCUT2D eigenvalue weighted by Gasteiger charge is 2.08. The second kappa shape index (κ2) is 6.58. The molecule has 0 unspecified atom stereocenters. The van der Waals surface area contributed by atoms with E-state index in [2.05, 4.69) is 50.4 Å². The molecule has 1 N–H and O–H groups in total. The van der Waals surface area contributed by atoms with Crippen LogP contribution >= 0.6 is 0 Å². The average Bonchev–Trinajstić information content (AvgIpc) is 2.42. The number of aryl methyl sites for hydroxylation is 1. The van der Waals surface area contributed by atoms with E-state index in [0.29, 0.717) is 5.92 Å². The number of nitrogens with one attached hydrogen (secondary N) is 1. The van der Waals surface area contributed by atoms with Crippen molar-refractivity contribution >= 4 is 0 Å². The summed E-state index contributed by atoms with van der Waals surface area (Å²) >= 11 is 0. The third kappa shape index (κ3) is 3.40. The van der Waals surface area contributed by atoms with Crippen LogP contribution in [0.5, 0.6) is 11.5 Å². The molecule has 2 aromatic carbocycles. The van der Waals surface area contributed by atoms with Crippen LogP contribution in [0.15, 0.2) is 42.5 Å². The molecule has 0 aliphatic rings. The molecule has 20 heavy (non-hydrogen) atoms. The van der Waals surface area contributed by atoms with Gasteiger partial charge >= 0.3 is 0 Å². The van der Waals surface area contributed by atoms with Crippen molar-refractivity contribution in [2.24, 2.45) is 0 Å². The molecule has 0 amide bonds. The van der Waals surface area contributed by atoms with Crippen molar-refractivity contribution in [3.63, 3.8) is 0 Å². The van der Waals surface area contributed by atoms with E-state index in [-0.39, 0.29) is 0 Å². The predicted octanol–water partition coefficient (Wildman–Crippen LogP) is 4.63. The summed E-state index contributed by atoms with van der Waals surface area (Å²) in [4.78, 5) is 0. The number of hydrogen-bond acceptors (Lipinski definition) is 2. The van der Waals surface area contributed by atoms with Gasteiger partial charge in [0.2, 0.25) is 0 Å². The zero-order valence-electron chi connectivity index (χ0n) is 12.7. The largest absolute Gasteiger partial charge is 0.457 e. The maximum Gasteiger partial charge on any atom is 0.130 e. The van der Waals surface area contributed by atoms with Crippen molar-refractivity contribution in [1.29, 1.82) is 0 Å². The quantitative estimate of drug-likeness (QED) is 0.854. The molecule has 0 heterocycles. The van der Waals surface area contributed by atoms with Crippen LogP contribution in [0.25, 0.3) is 0 Å². The van der Waals surface area contributed by atoms with E-state index < -0.39 is 0 Å². The Morgan fingerprint density at radius 2 is 1.85 bits per heavy atom. The minimum Gasteiger partial charge on any atom is -0.457 e. The van der Waals surface area contributed by atoms with Gasteiger partial charge in [0.15, 0.2) is 0 Å². The summed E-state index contributed by atoms with van der Waals surface area (Å²) in [5.41, 5.74) is 3.79. The fourth-order valence-electron chi connectivity index (χ4n) is 2.30. The monoisotopic (exact) mass is 269 g/mol. The molecule has 2 nitrogen and oxygen atoms in total. The number of hydrogen-bond donors (Lipinski definition) is 1. The lowest BCUT2D eigenvalue weighted by Crippen LogP contribution is -2.06. The van der Waals surface area contributed by atoms with Gasteiger partial charge in [0.05, 0.1) is 0 Å². The van der Waals surface area contributed by atoms with E-state index in [1.807, 2.05) is 25.2 Å². The molecule has 0 saturated heterocycles. The molecular weight excluding hydrogens is 246 g/mol. The van der Waals surface area contributed by atoms with Gasteiger partial charge in [-0.15, -0.1) is 0 Å². The summed E-state index contributed by atoms with van der Waals surface area (Å²) in [7, 11) is 1.96. The summed E-state index contributed by atoms with van der Waals surface area (Å²) in [6, 6.07) is 14.5. The van der Waals surface area contributed by atoms with E-state index in [1.165, 1.54) is 16.7 Å². The molecule has 0 fully saturated rings. The molecule has 106 valence electrons. The van der Waals surface area contributed by atoms with Gasteiger partial charge in [-0.1, -0.05) is 38.1 Å². The highest BCUT2D eigenvalue weighted by atomic mass is 16.5. The zero-order chi connectivity index (χ0) is 14.5. The van der Waals surface area contributed by atoms with Crippen LogP contribution in [0.2, 0.25) is 0 Å². The maximum atomic E-state index is 6.06. The van der Waals surface area contributed by atoms with Gasteiger partial charge in [0.25, 0.3) is 0 Å². The van der Waals surface area contributed by atoms with Gasteiger partial charge in [-0.05, 0) is 54.8 Å². The minimum atomic E-state index is 0.455. The zero-order valence-corrected chi connectivity index (χ0v) is 12.7. The molecule has 0 aromatic heterocycles. The summed E-state index contributed by atoms with van der Waals surface area (Å²) < 4.78 is 6.06. The number of rotatable bonds is 5. The minimum absolute atomic E-state index is 0.455. The van der Waals surface area contributed by atoms with Gasteiger partial charge in [-0.25, -0.2) is 0 Å². The lowest BCUT2D eigenvalue weighted by atomic mass is 10.0. The molecule has 2 rings (SSSR count). The Morgan fingerprint density at radius 1 is 1.10 bits per heavy atom. The van der Waals surface area contributed by atoms with E-state index in [0.717, 1.165) is 18.0 Å². The second-order valence-corrected chi connectivity index (χ2v) is 5.41. The molecule has 2 aromatic rings. The first kappa shape index (κ1) is 14.6. The van der Waals surface area contributed by atoms with Crippen LogP contribution in [0.1, 0.15) is 36.5 Å². The van der Waals surface area contributed by atoms with E-state index in [9.17, 15) is 0 Å². The van der Waals surface area contributed by atoms with Gasteiger partial charge in [-0.3, -0.25) is 0 Å².